The molecule has 1 saturated carbocycles. The number of aliphatic carboxylic acids is 1. The molecule has 0 bridgehead atoms. The Labute approximate surface area is 138 Å². The quantitative estimate of drug-likeness (QED) is 0.894. The van der Waals surface area contributed by atoms with E-state index in [1.807, 2.05) is 24.3 Å². The van der Waals surface area contributed by atoms with Crippen molar-refractivity contribution >= 4 is 27.8 Å². The van der Waals surface area contributed by atoms with Crippen molar-refractivity contribution in [3.8, 4) is 0 Å². The summed E-state index contributed by atoms with van der Waals surface area (Å²) in [5.41, 5.74) is -0.190. The molecule has 1 aromatic rings. The number of piperidine rings is 1. The maximum absolute atomic E-state index is 13.0. The van der Waals surface area contributed by atoms with E-state index in [0.717, 1.165) is 29.3 Å². The highest BCUT2D eigenvalue weighted by Gasteiger charge is 2.54. The van der Waals surface area contributed by atoms with E-state index in [0.29, 0.717) is 19.5 Å². The Bertz CT molecular complexity index is 609. The van der Waals surface area contributed by atoms with Gasteiger partial charge in [-0.05, 0) is 50.3 Å². The summed E-state index contributed by atoms with van der Waals surface area (Å²) in [6.45, 7) is 2.73. The molecule has 0 radical (unpaired) electrons. The van der Waals surface area contributed by atoms with Crippen LogP contribution in [0.4, 0.5) is 0 Å². The number of rotatable bonds is 3. The zero-order valence-corrected chi connectivity index (χ0v) is 14.2. The fourth-order valence-corrected chi connectivity index (χ4v) is 3.67. The molecule has 1 N–H and O–H groups in total. The molecule has 1 aliphatic carbocycles. The van der Waals surface area contributed by atoms with Crippen molar-refractivity contribution in [2.75, 3.05) is 13.1 Å². The predicted molar refractivity (Wildman–Crippen MR) is 86.6 cm³/mol. The minimum absolute atomic E-state index is 0.0991. The van der Waals surface area contributed by atoms with Crippen LogP contribution in [0.2, 0.25) is 0 Å². The third-order valence-corrected chi connectivity index (χ3v) is 5.58. The monoisotopic (exact) mass is 365 g/mol. The Morgan fingerprint density at radius 3 is 2.36 bits per heavy atom. The third kappa shape index (κ3) is 2.56. The predicted octanol–water partition coefficient (Wildman–Crippen LogP) is 3.19. The second kappa shape index (κ2) is 5.37. The van der Waals surface area contributed by atoms with Crippen LogP contribution in [0.15, 0.2) is 28.7 Å². The number of likely N-dealkylation sites (tertiary alicyclic amines) is 1. The zero-order valence-electron chi connectivity index (χ0n) is 12.6. The molecule has 1 amide bonds. The summed E-state index contributed by atoms with van der Waals surface area (Å²) in [6.07, 6.45) is 3.10. The lowest BCUT2D eigenvalue weighted by Crippen LogP contribution is -2.51. The number of nitrogens with zero attached hydrogens (tertiary/aromatic N) is 1. The summed E-state index contributed by atoms with van der Waals surface area (Å²) in [6, 6.07) is 7.91. The minimum atomic E-state index is -0.816. The van der Waals surface area contributed by atoms with Crippen LogP contribution >= 0.6 is 15.9 Å². The first kappa shape index (κ1) is 15.5. The average molecular weight is 366 g/mol. The summed E-state index contributed by atoms with van der Waals surface area (Å²) < 4.78 is 0.996. The largest absolute Gasteiger partial charge is 0.481 e. The summed E-state index contributed by atoms with van der Waals surface area (Å²) in [5, 5.41) is 9.42. The van der Waals surface area contributed by atoms with Crippen LogP contribution in [0, 0.1) is 5.41 Å². The molecule has 1 unspecified atom stereocenters. The van der Waals surface area contributed by atoms with Gasteiger partial charge in [-0.2, -0.15) is 0 Å². The van der Waals surface area contributed by atoms with Crippen LogP contribution in [0.1, 0.15) is 38.2 Å². The van der Waals surface area contributed by atoms with Crippen molar-refractivity contribution in [2.24, 2.45) is 5.41 Å². The molecule has 22 heavy (non-hydrogen) atoms. The van der Waals surface area contributed by atoms with Gasteiger partial charge in [0.2, 0.25) is 5.91 Å². The molecule has 0 aromatic heterocycles. The van der Waals surface area contributed by atoms with Gasteiger partial charge in [0.15, 0.2) is 0 Å². The molecule has 0 spiro atoms. The van der Waals surface area contributed by atoms with Gasteiger partial charge < -0.3 is 10.0 Å². The molecule has 2 aliphatic rings. The number of carbonyl (C=O) groups is 2. The fraction of sp³-hybridized carbons (Fsp3) is 0.529. The number of carboxylic acids is 1. The SMILES string of the molecule is CC1(C(=O)O)CCCN(C(=O)C2(c3ccc(Br)cc3)CC2)C1. The smallest absolute Gasteiger partial charge is 0.311 e. The van der Waals surface area contributed by atoms with Crippen LogP contribution in [0.5, 0.6) is 0 Å². The molecule has 2 fully saturated rings. The van der Waals surface area contributed by atoms with Gasteiger partial charge in [0.05, 0.1) is 10.8 Å². The van der Waals surface area contributed by atoms with E-state index in [-0.39, 0.29) is 5.91 Å². The van der Waals surface area contributed by atoms with Crippen LogP contribution in [-0.4, -0.2) is 35.0 Å². The number of hydrogen-bond donors (Lipinski definition) is 1. The molecule has 118 valence electrons. The first-order valence-corrected chi connectivity index (χ1v) is 8.46. The van der Waals surface area contributed by atoms with E-state index in [4.69, 9.17) is 0 Å². The molecule has 4 nitrogen and oxygen atoms in total. The highest BCUT2D eigenvalue weighted by Crippen LogP contribution is 2.50. The van der Waals surface area contributed by atoms with Crippen molar-refractivity contribution in [2.45, 2.75) is 38.0 Å². The zero-order chi connectivity index (χ0) is 16.0. The van der Waals surface area contributed by atoms with Crippen LogP contribution < -0.4 is 0 Å². The molecule has 1 heterocycles. The Kier molecular flexibility index (Phi) is 3.79. The minimum Gasteiger partial charge on any atom is -0.481 e. The van der Waals surface area contributed by atoms with Crippen LogP contribution in [0.3, 0.4) is 0 Å². The normalized spacial score (nSPS) is 26.5. The van der Waals surface area contributed by atoms with Gasteiger partial charge in [-0.15, -0.1) is 0 Å². The lowest BCUT2D eigenvalue weighted by Gasteiger charge is -2.39. The number of halogens is 1. The van der Waals surface area contributed by atoms with E-state index in [1.54, 1.807) is 11.8 Å². The number of carbonyl (C=O) groups excluding carboxylic acids is 1. The first-order chi connectivity index (χ1) is 10.4. The van der Waals surface area contributed by atoms with Gasteiger partial charge in [0.25, 0.3) is 0 Å². The van der Waals surface area contributed by atoms with Crippen LogP contribution in [0.25, 0.3) is 0 Å². The lowest BCUT2D eigenvalue weighted by atomic mass is 9.81. The van der Waals surface area contributed by atoms with E-state index in [9.17, 15) is 14.7 Å². The Hall–Kier alpha value is -1.36. The molecule has 1 aliphatic heterocycles. The standard InChI is InChI=1S/C17H20BrNO3/c1-16(15(21)22)7-2-10-19(11-16)14(20)17(8-9-17)12-3-5-13(18)6-4-12/h3-6H,2,7-11H2,1H3,(H,21,22). The molecular weight excluding hydrogens is 346 g/mol. The Morgan fingerprint density at radius 2 is 1.82 bits per heavy atom. The van der Waals surface area contributed by atoms with Gasteiger partial charge in [0, 0.05) is 17.6 Å². The fourth-order valence-electron chi connectivity index (χ4n) is 3.41. The third-order valence-electron chi connectivity index (χ3n) is 5.06. The molecule has 1 saturated heterocycles. The van der Waals surface area contributed by atoms with Gasteiger partial charge in [-0.3, -0.25) is 9.59 Å². The lowest BCUT2D eigenvalue weighted by molar-refractivity contribution is -0.154. The van der Waals surface area contributed by atoms with Gasteiger partial charge >= 0.3 is 5.97 Å². The van der Waals surface area contributed by atoms with Crippen molar-refractivity contribution in [3.05, 3.63) is 34.3 Å². The molecular formula is C17H20BrNO3. The topological polar surface area (TPSA) is 57.6 Å². The molecule has 1 atom stereocenters. The first-order valence-electron chi connectivity index (χ1n) is 7.66. The highest BCUT2D eigenvalue weighted by molar-refractivity contribution is 9.10. The number of carboxylic acid groups (broad SMARTS) is 1. The highest BCUT2D eigenvalue weighted by atomic mass is 79.9. The van der Waals surface area contributed by atoms with Gasteiger partial charge in [-0.25, -0.2) is 0 Å². The molecule has 5 heteroatoms. The number of benzene rings is 1. The summed E-state index contributed by atoms with van der Waals surface area (Å²) in [5.74, 6) is -0.708. The second-order valence-electron chi connectivity index (χ2n) is 6.79. The van der Waals surface area contributed by atoms with Crippen molar-refractivity contribution in [1.29, 1.82) is 0 Å². The van der Waals surface area contributed by atoms with E-state index in [1.165, 1.54) is 0 Å². The molecule has 1 aromatic carbocycles. The van der Waals surface area contributed by atoms with Gasteiger partial charge in [0.1, 0.15) is 0 Å². The Balaban J connectivity index is 1.81. The van der Waals surface area contributed by atoms with Crippen LogP contribution in [-0.2, 0) is 15.0 Å². The summed E-state index contributed by atoms with van der Waals surface area (Å²) in [4.78, 5) is 26.2. The number of amides is 1. The van der Waals surface area contributed by atoms with Crippen molar-refractivity contribution < 1.29 is 14.7 Å². The maximum Gasteiger partial charge on any atom is 0.311 e. The Morgan fingerprint density at radius 1 is 1.18 bits per heavy atom. The average Bonchev–Trinajstić information content (AvgIpc) is 3.29. The van der Waals surface area contributed by atoms with E-state index in [2.05, 4.69) is 15.9 Å². The molecule has 3 rings (SSSR count). The maximum atomic E-state index is 13.0. The second-order valence-corrected chi connectivity index (χ2v) is 7.70. The summed E-state index contributed by atoms with van der Waals surface area (Å²) >= 11 is 3.42. The number of hydrogen-bond acceptors (Lipinski definition) is 2. The van der Waals surface area contributed by atoms with Crippen molar-refractivity contribution in [3.63, 3.8) is 0 Å². The van der Waals surface area contributed by atoms with Crippen molar-refractivity contribution in [1.82, 2.24) is 4.90 Å². The van der Waals surface area contributed by atoms with E-state index >= 15 is 0 Å². The van der Waals surface area contributed by atoms with Gasteiger partial charge in [-0.1, -0.05) is 28.1 Å². The summed E-state index contributed by atoms with van der Waals surface area (Å²) in [7, 11) is 0. The van der Waals surface area contributed by atoms with E-state index < -0.39 is 16.8 Å².